The molecule has 21 heavy (non-hydrogen) atoms. The van der Waals surface area contributed by atoms with E-state index in [1.54, 1.807) is 13.1 Å². The number of carbonyl (C=O) groups is 3. The van der Waals surface area contributed by atoms with Crippen molar-refractivity contribution in [2.45, 2.75) is 11.8 Å². The third-order valence-corrected chi connectivity index (χ3v) is 4.35. The summed E-state index contributed by atoms with van der Waals surface area (Å²) in [7, 11) is 2.95. The Bertz CT molecular complexity index is 679. The van der Waals surface area contributed by atoms with Crippen LogP contribution in [0.25, 0.3) is 0 Å². The van der Waals surface area contributed by atoms with E-state index in [9.17, 15) is 14.4 Å². The molecule has 0 fully saturated rings. The highest BCUT2D eigenvalue weighted by atomic mass is 16.5. The molecule has 1 amide bonds. The molecule has 5 heteroatoms. The molecule has 2 atom stereocenters. The largest absolute Gasteiger partial charge is 0.468 e. The first-order valence-electron chi connectivity index (χ1n) is 6.70. The van der Waals surface area contributed by atoms with Crippen LogP contribution in [0.15, 0.2) is 36.4 Å². The van der Waals surface area contributed by atoms with Gasteiger partial charge in [-0.1, -0.05) is 24.3 Å². The Labute approximate surface area is 122 Å². The first-order valence-corrected chi connectivity index (χ1v) is 6.70. The third kappa shape index (κ3) is 1.67. The van der Waals surface area contributed by atoms with Gasteiger partial charge in [-0.3, -0.25) is 14.4 Å². The van der Waals surface area contributed by atoms with Crippen molar-refractivity contribution in [2.24, 2.45) is 5.92 Å². The van der Waals surface area contributed by atoms with E-state index in [0.29, 0.717) is 11.3 Å². The monoisotopic (exact) mass is 285 g/mol. The molecule has 0 N–H and O–H groups in total. The predicted molar refractivity (Wildman–Crippen MR) is 75.8 cm³/mol. The summed E-state index contributed by atoms with van der Waals surface area (Å²) in [5.41, 5.74) is 0.166. The minimum atomic E-state index is -1.21. The van der Waals surface area contributed by atoms with Crippen LogP contribution in [0, 0.1) is 5.92 Å². The molecule has 0 aromatic heterocycles. The van der Waals surface area contributed by atoms with E-state index >= 15 is 0 Å². The van der Waals surface area contributed by atoms with Gasteiger partial charge in [0.25, 0.3) is 0 Å². The molecule has 3 rings (SSSR count). The second-order valence-corrected chi connectivity index (χ2v) is 5.33. The van der Waals surface area contributed by atoms with E-state index in [1.807, 2.05) is 18.2 Å². The van der Waals surface area contributed by atoms with Crippen LogP contribution in [0.1, 0.15) is 12.0 Å². The van der Waals surface area contributed by atoms with Gasteiger partial charge in [0.1, 0.15) is 5.41 Å². The van der Waals surface area contributed by atoms with Crippen LogP contribution in [0.3, 0.4) is 0 Å². The second-order valence-electron chi connectivity index (χ2n) is 5.33. The quantitative estimate of drug-likeness (QED) is 0.728. The van der Waals surface area contributed by atoms with E-state index in [4.69, 9.17) is 4.74 Å². The normalized spacial score (nSPS) is 27.1. The van der Waals surface area contributed by atoms with Gasteiger partial charge < -0.3 is 9.64 Å². The fourth-order valence-electron chi connectivity index (χ4n) is 3.29. The minimum absolute atomic E-state index is 0.0170. The van der Waals surface area contributed by atoms with Crippen LogP contribution < -0.4 is 4.90 Å². The standard InChI is InChI=1S/C16H15NO4/c1-17-13-6-4-3-5-11(13)16(15(20)21-2)8-7-10(18)9-12(16)14(17)19/h3-8,12H,9H2,1-2H3/t12-,16-/m1/s1. The van der Waals surface area contributed by atoms with Crippen molar-refractivity contribution in [3.8, 4) is 0 Å². The lowest BCUT2D eigenvalue weighted by Gasteiger charge is -2.44. The van der Waals surface area contributed by atoms with Crippen molar-refractivity contribution in [3.05, 3.63) is 42.0 Å². The second kappa shape index (κ2) is 4.55. The van der Waals surface area contributed by atoms with Crippen LogP contribution in [-0.4, -0.2) is 31.8 Å². The van der Waals surface area contributed by atoms with Crippen molar-refractivity contribution >= 4 is 23.3 Å². The number of hydrogen-bond donors (Lipinski definition) is 0. The number of carbonyl (C=O) groups excluding carboxylic acids is 3. The SMILES string of the molecule is COC(=O)[C@@]12C=CC(=O)C[C@@H]1C(=O)N(C)c1ccccc12. The maximum atomic E-state index is 12.6. The Balaban J connectivity index is 2.34. The van der Waals surface area contributed by atoms with Crippen molar-refractivity contribution in [2.75, 3.05) is 19.1 Å². The number of para-hydroxylation sites is 1. The fraction of sp³-hybridized carbons (Fsp3) is 0.312. The van der Waals surface area contributed by atoms with Gasteiger partial charge in [0.05, 0.1) is 13.0 Å². The Morgan fingerprint density at radius 1 is 1.33 bits per heavy atom. The highest BCUT2D eigenvalue weighted by Gasteiger charge is 2.56. The number of anilines is 1. The minimum Gasteiger partial charge on any atom is -0.468 e. The summed E-state index contributed by atoms with van der Waals surface area (Å²) in [6, 6.07) is 7.22. The molecular formula is C16H15NO4. The number of amides is 1. The number of benzene rings is 1. The average Bonchev–Trinajstić information content (AvgIpc) is 2.52. The highest BCUT2D eigenvalue weighted by Crippen LogP contribution is 2.48. The third-order valence-electron chi connectivity index (χ3n) is 4.35. The Morgan fingerprint density at radius 3 is 2.76 bits per heavy atom. The summed E-state index contributed by atoms with van der Waals surface area (Å²) in [5, 5.41) is 0. The summed E-state index contributed by atoms with van der Waals surface area (Å²) in [5.74, 6) is -1.65. The summed E-state index contributed by atoms with van der Waals surface area (Å²) < 4.78 is 4.95. The molecule has 0 saturated carbocycles. The first kappa shape index (κ1) is 13.5. The van der Waals surface area contributed by atoms with Crippen molar-refractivity contribution in [1.29, 1.82) is 0 Å². The van der Waals surface area contributed by atoms with Crippen molar-refractivity contribution in [1.82, 2.24) is 0 Å². The van der Waals surface area contributed by atoms with Gasteiger partial charge in [-0.15, -0.1) is 0 Å². The van der Waals surface area contributed by atoms with Gasteiger partial charge in [-0.25, -0.2) is 0 Å². The molecule has 1 aromatic carbocycles. The molecule has 5 nitrogen and oxygen atoms in total. The molecule has 108 valence electrons. The zero-order chi connectivity index (χ0) is 15.2. The molecule has 0 radical (unpaired) electrons. The zero-order valence-electron chi connectivity index (χ0n) is 11.8. The first-order chi connectivity index (χ1) is 10.0. The molecule has 2 aliphatic rings. The van der Waals surface area contributed by atoms with Crippen molar-refractivity contribution in [3.63, 3.8) is 0 Å². The smallest absolute Gasteiger partial charge is 0.321 e. The summed E-state index contributed by atoms with van der Waals surface area (Å²) in [6.45, 7) is 0. The van der Waals surface area contributed by atoms with Gasteiger partial charge in [0.2, 0.25) is 5.91 Å². The fourth-order valence-corrected chi connectivity index (χ4v) is 3.29. The van der Waals surface area contributed by atoms with Gasteiger partial charge in [0.15, 0.2) is 5.78 Å². The van der Waals surface area contributed by atoms with Gasteiger partial charge in [0, 0.05) is 19.2 Å². The number of allylic oxidation sites excluding steroid dienone is 1. The van der Waals surface area contributed by atoms with E-state index in [0.717, 1.165) is 0 Å². The number of esters is 1. The average molecular weight is 285 g/mol. The molecule has 1 aromatic rings. The molecular weight excluding hydrogens is 270 g/mol. The summed E-state index contributed by atoms with van der Waals surface area (Å²) >= 11 is 0. The summed E-state index contributed by atoms with van der Waals surface area (Å²) in [6.07, 6.45) is 2.92. The Hall–Kier alpha value is -2.43. The maximum Gasteiger partial charge on any atom is 0.321 e. The highest BCUT2D eigenvalue weighted by molar-refractivity contribution is 6.10. The van der Waals surface area contributed by atoms with Gasteiger partial charge in [-0.05, 0) is 17.7 Å². The molecule has 1 heterocycles. The number of methoxy groups -OCH3 is 1. The molecule has 0 bridgehead atoms. The lowest BCUT2D eigenvalue weighted by atomic mass is 9.62. The zero-order valence-corrected chi connectivity index (χ0v) is 11.8. The number of hydrogen-bond acceptors (Lipinski definition) is 4. The molecule has 1 aliphatic heterocycles. The van der Waals surface area contributed by atoms with Gasteiger partial charge in [-0.2, -0.15) is 0 Å². The number of ether oxygens (including phenoxy) is 1. The van der Waals surface area contributed by atoms with Crippen LogP contribution in [0.4, 0.5) is 5.69 Å². The van der Waals surface area contributed by atoms with Crippen LogP contribution in [0.2, 0.25) is 0 Å². The van der Waals surface area contributed by atoms with E-state index < -0.39 is 17.3 Å². The lowest BCUT2D eigenvalue weighted by Crippen LogP contribution is -2.56. The van der Waals surface area contributed by atoms with Crippen LogP contribution >= 0.6 is 0 Å². The molecule has 0 unspecified atom stereocenters. The molecule has 0 saturated heterocycles. The van der Waals surface area contributed by atoms with E-state index in [-0.39, 0.29) is 18.1 Å². The predicted octanol–water partition coefficient (Wildman–Crippen LogP) is 1.22. The number of nitrogens with zero attached hydrogens (tertiary/aromatic N) is 1. The van der Waals surface area contributed by atoms with E-state index in [1.165, 1.54) is 24.2 Å². The Morgan fingerprint density at radius 2 is 2.05 bits per heavy atom. The molecule has 1 aliphatic carbocycles. The number of fused-ring (bicyclic) bond motifs is 3. The Kier molecular flexibility index (Phi) is 2.93. The van der Waals surface area contributed by atoms with Crippen LogP contribution in [-0.2, 0) is 24.5 Å². The molecule has 0 spiro atoms. The number of ketones is 1. The van der Waals surface area contributed by atoms with Gasteiger partial charge >= 0.3 is 5.97 Å². The number of rotatable bonds is 1. The maximum absolute atomic E-state index is 12.6. The topological polar surface area (TPSA) is 63.7 Å². The van der Waals surface area contributed by atoms with Crippen molar-refractivity contribution < 1.29 is 19.1 Å². The van der Waals surface area contributed by atoms with Crippen LogP contribution in [0.5, 0.6) is 0 Å². The lowest BCUT2D eigenvalue weighted by molar-refractivity contribution is -0.151. The van der Waals surface area contributed by atoms with E-state index in [2.05, 4.69) is 0 Å². The summed E-state index contributed by atoms with van der Waals surface area (Å²) in [4.78, 5) is 38.3.